The maximum absolute atomic E-state index is 2.54. The van der Waals surface area contributed by atoms with Crippen LogP contribution >= 0.6 is 0 Å². The van der Waals surface area contributed by atoms with Crippen molar-refractivity contribution >= 4 is 0 Å². The van der Waals surface area contributed by atoms with Crippen LogP contribution in [0.4, 0.5) is 0 Å². The van der Waals surface area contributed by atoms with Crippen LogP contribution in [0.1, 0.15) is 90.9 Å². The van der Waals surface area contributed by atoms with Crippen molar-refractivity contribution in [1.29, 1.82) is 0 Å². The Bertz CT molecular complexity index is 251. The molecule has 0 aliphatic rings. The smallest absolute Gasteiger partial charge is 0.0935 e. The van der Waals surface area contributed by atoms with E-state index in [4.69, 9.17) is 0 Å². The molecule has 1 unspecified atom stereocenters. The number of unbranched alkanes of at least 4 members (excludes halogenated alkanes) is 11. The van der Waals surface area contributed by atoms with Gasteiger partial charge in [-0.25, -0.2) is 0 Å². The van der Waals surface area contributed by atoms with Gasteiger partial charge in [-0.05, 0) is 26.9 Å². The van der Waals surface area contributed by atoms with Crippen LogP contribution in [0.15, 0.2) is 0 Å². The first-order chi connectivity index (χ1) is 10.9. The van der Waals surface area contributed by atoms with Crippen LogP contribution in [0.3, 0.4) is 0 Å². The molecule has 0 fully saturated rings. The monoisotopic (exact) mass is 406 g/mol. The van der Waals surface area contributed by atoms with Gasteiger partial charge >= 0.3 is 0 Å². The van der Waals surface area contributed by atoms with Gasteiger partial charge < -0.3 is 21.5 Å². The van der Waals surface area contributed by atoms with E-state index in [0.29, 0.717) is 6.04 Å². The Labute approximate surface area is 164 Å². The summed E-state index contributed by atoms with van der Waals surface area (Å²) >= 11 is 0. The van der Waals surface area contributed by atoms with Gasteiger partial charge in [-0.1, -0.05) is 77.6 Å². The number of likely N-dealkylation sites (N-methyl/N-ethyl adjacent to an activating group) is 2. The third kappa shape index (κ3) is 18.7. The van der Waals surface area contributed by atoms with E-state index in [0.717, 1.165) is 4.48 Å². The molecule has 0 saturated carbocycles. The number of rotatable bonds is 16. The molecular formula is C21H47BrN2. The highest BCUT2D eigenvalue weighted by atomic mass is 79.9. The molecule has 148 valence electrons. The molecular weight excluding hydrogens is 360 g/mol. The van der Waals surface area contributed by atoms with Crippen LogP contribution in [0.2, 0.25) is 0 Å². The second-order valence-corrected chi connectivity index (χ2v) is 8.69. The molecule has 0 bridgehead atoms. The van der Waals surface area contributed by atoms with Crippen molar-refractivity contribution in [3.8, 4) is 0 Å². The number of halogens is 1. The van der Waals surface area contributed by atoms with Crippen molar-refractivity contribution in [2.75, 3.05) is 41.3 Å². The highest BCUT2D eigenvalue weighted by Gasteiger charge is 2.17. The SMILES string of the molecule is CCCCCCCCCCCCCCN(C)C(C)C[N+](C)(C)C.[Br-]. The van der Waals surface area contributed by atoms with Crippen LogP contribution in [0.5, 0.6) is 0 Å². The molecule has 0 heterocycles. The predicted octanol–water partition coefficient (Wildman–Crippen LogP) is 2.72. The molecule has 0 radical (unpaired) electrons. The lowest BCUT2D eigenvalue weighted by atomic mass is 10.1. The topological polar surface area (TPSA) is 3.24 Å². The number of hydrogen-bond donors (Lipinski definition) is 0. The summed E-state index contributed by atoms with van der Waals surface area (Å²) in [6, 6.07) is 0.683. The van der Waals surface area contributed by atoms with Gasteiger partial charge in [0.25, 0.3) is 0 Å². The molecule has 0 rings (SSSR count). The Morgan fingerprint density at radius 1 is 0.708 bits per heavy atom. The van der Waals surface area contributed by atoms with Crippen molar-refractivity contribution in [3.05, 3.63) is 0 Å². The lowest BCUT2D eigenvalue weighted by Crippen LogP contribution is -3.00. The molecule has 0 aromatic carbocycles. The quantitative estimate of drug-likeness (QED) is 0.281. The Kier molecular flexibility index (Phi) is 18.7. The zero-order valence-electron chi connectivity index (χ0n) is 17.7. The van der Waals surface area contributed by atoms with Crippen molar-refractivity contribution in [3.63, 3.8) is 0 Å². The van der Waals surface area contributed by atoms with Crippen LogP contribution in [0, 0.1) is 0 Å². The molecule has 0 N–H and O–H groups in total. The molecule has 1 atom stereocenters. The molecule has 0 saturated heterocycles. The minimum atomic E-state index is 0. The van der Waals surface area contributed by atoms with E-state index < -0.39 is 0 Å². The third-order valence-corrected chi connectivity index (χ3v) is 4.93. The highest BCUT2D eigenvalue weighted by molar-refractivity contribution is 4.62. The maximum Gasteiger partial charge on any atom is 0.0935 e. The van der Waals surface area contributed by atoms with Gasteiger partial charge in [-0.15, -0.1) is 0 Å². The van der Waals surface area contributed by atoms with E-state index in [1.165, 1.54) is 90.1 Å². The van der Waals surface area contributed by atoms with Gasteiger partial charge in [-0.3, -0.25) is 4.90 Å². The Hall–Kier alpha value is 0.400. The molecule has 0 aromatic rings. The maximum atomic E-state index is 2.54. The number of quaternary nitrogens is 1. The second kappa shape index (κ2) is 16.8. The zero-order valence-corrected chi connectivity index (χ0v) is 19.3. The van der Waals surface area contributed by atoms with E-state index in [9.17, 15) is 0 Å². The van der Waals surface area contributed by atoms with Crippen LogP contribution in [-0.2, 0) is 0 Å². The first kappa shape index (κ1) is 26.6. The minimum Gasteiger partial charge on any atom is -1.00 e. The van der Waals surface area contributed by atoms with Crippen LogP contribution < -0.4 is 17.0 Å². The van der Waals surface area contributed by atoms with Gasteiger partial charge in [0.2, 0.25) is 0 Å². The van der Waals surface area contributed by atoms with Crippen molar-refractivity contribution in [1.82, 2.24) is 4.90 Å². The summed E-state index contributed by atoms with van der Waals surface area (Å²) in [4.78, 5) is 2.54. The van der Waals surface area contributed by atoms with E-state index in [2.05, 4.69) is 46.9 Å². The fourth-order valence-electron chi connectivity index (χ4n) is 3.35. The van der Waals surface area contributed by atoms with Gasteiger partial charge in [0.05, 0.1) is 33.7 Å². The van der Waals surface area contributed by atoms with E-state index in [-0.39, 0.29) is 17.0 Å². The van der Waals surface area contributed by atoms with Crippen molar-refractivity contribution < 1.29 is 21.5 Å². The Morgan fingerprint density at radius 2 is 1.08 bits per heavy atom. The fourth-order valence-corrected chi connectivity index (χ4v) is 3.35. The number of nitrogens with zero attached hydrogens (tertiary/aromatic N) is 2. The van der Waals surface area contributed by atoms with E-state index in [1.807, 2.05) is 0 Å². The third-order valence-electron chi connectivity index (χ3n) is 4.93. The molecule has 0 aromatic heterocycles. The van der Waals surface area contributed by atoms with Gasteiger partial charge in [0, 0.05) is 0 Å². The molecule has 24 heavy (non-hydrogen) atoms. The lowest BCUT2D eigenvalue weighted by molar-refractivity contribution is -0.872. The van der Waals surface area contributed by atoms with Gasteiger partial charge in [0.1, 0.15) is 0 Å². The summed E-state index contributed by atoms with van der Waals surface area (Å²) in [5.41, 5.74) is 0. The summed E-state index contributed by atoms with van der Waals surface area (Å²) in [6.45, 7) is 7.15. The molecule has 0 aliphatic heterocycles. The minimum absolute atomic E-state index is 0. The highest BCUT2D eigenvalue weighted by Crippen LogP contribution is 2.12. The van der Waals surface area contributed by atoms with Gasteiger partial charge in [-0.2, -0.15) is 0 Å². The summed E-state index contributed by atoms with van der Waals surface area (Å²) < 4.78 is 1.06. The largest absolute Gasteiger partial charge is 1.00 e. The van der Waals surface area contributed by atoms with Gasteiger partial charge in [0.15, 0.2) is 0 Å². The first-order valence-electron chi connectivity index (χ1n) is 10.4. The van der Waals surface area contributed by atoms with E-state index in [1.54, 1.807) is 0 Å². The van der Waals surface area contributed by atoms with Crippen LogP contribution in [-0.4, -0.2) is 56.7 Å². The Balaban J connectivity index is 0. The fraction of sp³-hybridized carbons (Fsp3) is 1.00. The van der Waals surface area contributed by atoms with Crippen molar-refractivity contribution in [2.24, 2.45) is 0 Å². The lowest BCUT2D eigenvalue weighted by Gasteiger charge is -2.32. The summed E-state index contributed by atoms with van der Waals surface area (Å²) in [5, 5.41) is 0. The predicted molar refractivity (Wildman–Crippen MR) is 106 cm³/mol. The van der Waals surface area contributed by atoms with E-state index >= 15 is 0 Å². The molecule has 3 heteroatoms. The Morgan fingerprint density at radius 3 is 1.46 bits per heavy atom. The standard InChI is InChI=1S/C21H47N2.BrH/c1-7-8-9-10-11-12-13-14-15-16-17-18-19-22(3)21(2)20-23(4,5)6;/h21H,7-20H2,1-6H3;1H/q+1;/p-1. The average Bonchev–Trinajstić information content (AvgIpc) is 2.46. The normalized spacial score (nSPS) is 13.1. The van der Waals surface area contributed by atoms with Crippen molar-refractivity contribution in [2.45, 2.75) is 96.9 Å². The average molecular weight is 408 g/mol. The molecule has 0 spiro atoms. The summed E-state index contributed by atoms with van der Waals surface area (Å²) in [6.07, 6.45) is 17.2. The molecule has 0 amide bonds. The summed E-state index contributed by atoms with van der Waals surface area (Å²) in [7, 11) is 9.15. The second-order valence-electron chi connectivity index (χ2n) is 8.69. The zero-order chi connectivity index (χ0) is 17.6. The molecule has 2 nitrogen and oxygen atoms in total. The first-order valence-corrected chi connectivity index (χ1v) is 10.4. The summed E-state index contributed by atoms with van der Waals surface area (Å²) in [5.74, 6) is 0. The molecule has 0 aliphatic carbocycles. The number of hydrogen-bond acceptors (Lipinski definition) is 1. The van der Waals surface area contributed by atoms with Crippen LogP contribution in [0.25, 0.3) is 0 Å².